The van der Waals surface area contributed by atoms with Crippen molar-refractivity contribution in [3.05, 3.63) is 24.8 Å². The van der Waals surface area contributed by atoms with Crippen molar-refractivity contribution < 1.29 is 0 Å². The molecule has 0 radical (unpaired) electrons. The van der Waals surface area contributed by atoms with Gasteiger partial charge in [0.25, 0.3) is 0 Å². The zero-order chi connectivity index (χ0) is 17.4. The SMILES string of the molecule is C/C=C/C[C@H](C)CCCCCCC.C=CC.CC.CCC. The van der Waals surface area contributed by atoms with Crippen molar-refractivity contribution in [1.82, 2.24) is 0 Å². The van der Waals surface area contributed by atoms with Crippen LogP contribution in [-0.2, 0) is 0 Å². The second kappa shape index (κ2) is 36.6. The van der Waals surface area contributed by atoms with Gasteiger partial charge in [-0.25, -0.2) is 0 Å². The average molecular weight is 299 g/mol. The van der Waals surface area contributed by atoms with Crippen LogP contribution in [0.25, 0.3) is 0 Å². The van der Waals surface area contributed by atoms with E-state index in [0.717, 1.165) is 5.92 Å². The molecule has 0 amide bonds. The van der Waals surface area contributed by atoms with Gasteiger partial charge in [0.1, 0.15) is 0 Å². The molecule has 0 aliphatic heterocycles. The third-order valence-corrected chi connectivity index (χ3v) is 2.57. The van der Waals surface area contributed by atoms with Crippen LogP contribution >= 0.6 is 0 Å². The van der Waals surface area contributed by atoms with E-state index >= 15 is 0 Å². The van der Waals surface area contributed by atoms with Crippen molar-refractivity contribution >= 4 is 0 Å². The van der Waals surface area contributed by atoms with E-state index in [1.54, 1.807) is 6.08 Å². The molecule has 0 aromatic rings. The minimum Gasteiger partial charge on any atom is -0.103 e. The van der Waals surface area contributed by atoms with Gasteiger partial charge in [0.2, 0.25) is 0 Å². The monoisotopic (exact) mass is 298 g/mol. The third kappa shape index (κ3) is 54.2. The van der Waals surface area contributed by atoms with Gasteiger partial charge in [0.15, 0.2) is 0 Å². The molecule has 21 heavy (non-hydrogen) atoms. The van der Waals surface area contributed by atoms with Crippen molar-refractivity contribution in [1.29, 1.82) is 0 Å². The Morgan fingerprint density at radius 2 is 1.33 bits per heavy atom. The van der Waals surface area contributed by atoms with Crippen LogP contribution in [0.15, 0.2) is 24.8 Å². The lowest BCUT2D eigenvalue weighted by Gasteiger charge is -2.07. The summed E-state index contributed by atoms with van der Waals surface area (Å²) in [5.41, 5.74) is 0. The largest absolute Gasteiger partial charge is 0.103 e. The molecule has 0 nitrogen and oxygen atoms in total. The first-order valence-electron chi connectivity index (χ1n) is 9.32. The number of hydrogen-bond acceptors (Lipinski definition) is 0. The first kappa shape index (κ1) is 28.6. The Hall–Kier alpha value is -0.520. The Morgan fingerprint density at radius 1 is 0.905 bits per heavy atom. The van der Waals surface area contributed by atoms with E-state index in [0.29, 0.717) is 0 Å². The molecule has 0 fully saturated rings. The van der Waals surface area contributed by atoms with Crippen LogP contribution in [0.2, 0.25) is 0 Å². The molecule has 0 bridgehead atoms. The van der Waals surface area contributed by atoms with Crippen LogP contribution in [-0.4, -0.2) is 0 Å². The smallest absolute Gasteiger partial charge is 0.0325 e. The predicted octanol–water partition coefficient (Wildman–Crippen LogP) is 8.58. The number of hydrogen-bond donors (Lipinski definition) is 0. The Morgan fingerprint density at radius 3 is 1.71 bits per heavy atom. The Kier molecular flexibility index (Phi) is 49.9. The van der Waals surface area contributed by atoms with Gasteiger partial charge in [-0.05, 0) is 26.2 Å². The molecule has 0 spiro atoms. The predicted molar refractivity (Wildman–Crippen MR) is 105 cm³/mol. The van der Waals surface area contributed by atoms with Gasteiger partial charge in [0.05, 0.1) is 0 Å². The normalized spacial score (nSPS) is 10.3. The average Bonchev–Trinajstić information content (AvgIpc) is 2.48. The minimum atomic E-state index is 0.887. The van der Waals surface area contributed by atoms with E-state index in [9.17, 15) is 0 Å². The summed E-state index contributed by atoms with van der Waals surface area (Å²) in [6.07, 6.45) is 17.2. The van der Waals surface area contributed by atoms with Crippen LogP contribution in [0, 0.1) is 5.92 Å². The molecule has 130 valence electrons. The lowest BCUT2D eigenvalue weighted by molar-refractivity contribution is 0.490. The summed E-state index contributed by atoms with van der Waals surface area (Å²) >= 11 is 0. The second-order valence-corrected chi connectivity index (χ2v) is 5.23. The van der Waals surface area contributed by atoms with E-state index in [1.807, 2.05) is 20.8 Å². The maximum Gasteiger partial charge on any atom is -0.0325 e. The zero-order valence-electron chi connectivity index (χ0n) is 16.7. The Bertz CT molecular complexity index is 155. The molecular formula is C21H46. The first-order chi connectivity index (χ1) is 10.1. The highest BCUT2D eigenvalue weighted by Crippen LogP contribution is 2.14. The molecule has 0 heteroatoms. The zero-order valence-corrected chi connectivity index (χ0v) is 16.7. The summed E-state index contributed by atoms with van der Waals surface area (Å²) in [6, 6.07) is 0. The fourth-order valence-corrected chi connectivity index (χ4v) is 1.58. The van der Waals surface area contributed by atoms with Crippen molar-refractivity contribution in [2.75, 3.05) is 0 Å². The van der Waals surface area contributed by atoms with E-state index in [4.69, 9.17) is 0 Å². The molecule has 0 saturated heterocycles. The van der Waals surface area contributed by atoms with E-state index in [1.165, 1.54) is 51.4 Å². The highest BCUT2D eigenvalue weighted by atomic mass is 14.0. The summed E-state index contributed by atoms with van der Waals surface area (Å²) in [6.45, 7) is 20.2. The van der Waals surface area contributed by atoms with E-state index in [-0.39, 0.29) is 0 Å². The Labute approximate surface area is 138 Å². The molecule has 0 unspecified atom stereocenters. The lowest BCUT2D eigenvalue weighted by Crippen LogP contribution is -1.92. The number of rotatable bonds is 8. The fourth-order valence-electron chi connectivity index (χ4n) is 1.58. The maximum atomic E-state index is 3.36. The van der Waals surface area contributed by atoms with Crippen molar-refractivity contribution in [3.8, 4) is 0 Å². The van der Waals surface area contributed by atoms with Crippen molar-refractivity contribution in [2.45, 2.75) is 107 Å². The molecule has 0 N–H and O–H groups in total. The quantitative estimate of drug-likeness (QED) is 0.311. The molecule has 0 rings (SSSR count). The summed E-state index contributed by atoms with van der Waals surface area (Å²) in [5, 5.41) is 0. The summed E-state index contributed by atoms with van der Waals surface area (Å²) in [5.74, 6) is 0.887. The second-order valence-electron chi connectivity index (χ2n) is 5.23. The summed E-state index contributed by atoms with van der Waals surface area (Å²) in [4.78, 5) is 0. The van der Waals surface area contributed by atoms with E-state index < -0.39 is 0 Å². The van der Waals surface area contributed by atoms with Gasteiger partial charge in [-0.1, -0.05) is 105 Å². The molecule has 0 saturated carbocycles. The van der Waals surface area contributed by atoms with E-state index in [2.05, 4.69) is 53.3 Å². The van der Waals surface area contributed by atoms with Gasteiger partial charge >= 0.3 is 0 Å². The maximum absolute atomic E-state index is 3.36. The fraction of sp³-hybridized carbons (Fsp3) is 0.810. The Balaban J connectivity index is -0.000000151. The molecule has 0 aromatic heterocycles. The van der Waals surface area contributed by atoms with Gasteiger partial charge < -0.3 is 0 Å². The van der Waals surface area contributed by atoms with Gasteiger partial charge in [-0.3, -0.25) is 0 Å². The lowest BCUT2D eigenvalue weighted by atomic mass is 9.99. The van der Waals surface area contributed by atoms with Crippen LogP contribution in [0.4, 0.5) is 0 Å². The number of allylic oxidation sites excluding steroid dienone is 3. The number of unbranched alkanes of at least 4 members (excludes halogenated alkanes) is 4. The summed E-state index contributed by atoms with van der Waals surface area (Å²) < 4.78 is 0. The standard InChI is InChI=1S/C13H26.C3H8.C3H6.C2H6/c1-4-6-8-9-10-12-13(3)11-7-5-2;2*1-3-2;1-2/h5,7,13H,4,6,8-12H2,1-3H3;3H2,1-2H3;3H,1H2,2H3;1-2H3/b7-5+;;;/t13-;;;/m0.../s1. The molecule has 0 aliphatic carbocycles. The molecule has 0 aliphatic rings. The molecule has 0 aromatic carbocycles. The first-order valence-corrected chi connectivity index (χ1v) is 9.32. The van der Waals surface area contributed by atoms with Gasteiger partial charge in [-0.15, -0.1) is 6.58 Å². The molecular weight excluding hydrogens is 252 g/mol. The highest BCUT2D eigenvalue weighted by molar-refractivity contribution is 4.78. The molecule has 1 atom stereocenters. The molecule has 0 heterocycles. The van der Waals surface area contributed by atoms with Crippen LogP contribution in [0.3, 0.4) is 0 Å². The topological polar surface area (TPSA) is 0 Å². The third-order valence-electron chi connectivity index (χ3n) is 2.57. The van der Waals surface area contributed by atoms with Crippen molar-refractivity contribution in [2.24, 2.45) is 5.92 Å². The van der Waals surface area contributed by atoms with Crippen LogP contribution in [0.1, 0.15) is 107 Å². The highest BCUT2D eigenvalue weighted by Gasteiger charge is 1.98. The van der Waals surface area contributed by atoms with Crippen molar-refractivity contribution in [3.63, 3.8) is 0 Å². The summed E-state index contributed by atoms with van der Waals surface area (Å²) in [7, 11) is 0. The van der Waals surface area contributed by atoms with Crippen LogP contribution in [0.5, 0.6) is 0 Å². The van der Waals surface area contributed by atoms with Gasteiger partial charge in [-0.2, -0.15) is 0 Å². The van der Waals surface area contributed by atoms with Gasteiger partial charge in [0, 0.05) is 0 Å². The minimum absolute atomic E-state index is 0.887. The van der Waals surface area contributed by atoms with Crippen LogP contribution < -0.4 is 0 Å².